The number of hydrogen-bond acceptors (Lipinski definition) is 3. The number of aryl methyl sites for hydroxylation is 1. The van der Waals surface area contributed by atoms with Crippen LogP contribution in [0.3, 0.4) is 0 Å². The monoisotopic (exact) mass is 506 g/mol. The standard InChI is InChI=1S/C32H27FN2O3/c1-20-3-7-23(8-4-20)30-29(32(37)34-2)27-19-25(13-16-28(27)38-30)22-9-11-24(12-10-22)31(36)35-18-17-21-5-14-26(33)15-6-21/h3-16,19H,17-18H2,1-2H3,(H,34,37)(H,35,36). The van der Waals surface area contributed by atoms with Crippen molar-refractivity contribution >= 4 is 22.8 Å². The number of carbonyl (C=O) groups is 2. The molecule has 0 aliphatic rings. The third-order valence-corrected chi connectivity index (χ3v) is 6.55. The first-order valence-corrected chi connectivity index (χ1v) is 12.4. The lowest BCUT2D eigenvalue weighted by Crippen LogP contribution is -2.25. The molecule has 1 heterocycles. The summed E-state index contributed by atoms with van der Waals surface area (Å²) in [6.07, 6.45) is 0.618. The van der Waals surface area contributed by atoms with Gasteiger partial charge in [0.05, 0.1) is 5.56 Å². The molecule has 5 aromatic rings. The Hall–Kier alpha value is -4.71. The lowest BCUT2D eigenvalue weighted by atomic mass is 9.99. The van der Waals surface area contributed by atoms with Gasteiger partial charge in [-0.3, -0.25) is 9.59 Å². The minimum atomic E-state index is -0.277. The number of rotatable bonds is 7. The van der Waals surface area contributed by atoms with E-state index in [0.29, 0.717) is 35.4 Å². The molecule has 0 radical (unpaired) electrons. The Kier molecular flexibility index (Phi) is 7.05. The largest absolute Gasteiger partial charge is 0.455 e. The minimum Gasteiger partial charge on any atom is -0.455 e. The lowest BCUT2D eigenvalue weighted by molar-refractivity contribution is 0.0949. The van der Waals surface area contributed by atoms with Crippen molar-refractivity contribution in [3.05, 3.63) is 119 Å². The highest BCUT2D eigenvalue weighted by Crippen LogP contribution is 2.36. The van der Waals surface area contributed by atoms with Gasteiger partial charge >= 0.3 is 0 Å². The molecule has 0 aliphatic heterocycles. The molecule has 2 N–H and O–H groups in total. The van der Waals surface area contributed by atoms with Gasteiger partial charge in [-0.2, -0.15) is 0 Å². The molecule has 0 aliphatic carbocycles. The smallest absolute Gasteiger partial charge is 0.255 e. The number of hydrogen-bond donors (Lipinski definition) is 2. The van der Waals surface area contributed by atoms with Crippen LogP contribution in [0.1, 0.15) is 31.8 Å². The minimum absolute atomic E-state index is 0.173. The van der Waals surface area contributed by atoms with Crippen molar-refractivity contribution in [2.24, 2.45) is 0 Å². The second-order valence-corrected chi connectivity index (χ2v) is 9.17. The van der Waals surface area contributed by atoms with Gasteiger partial charge in [0.25, 0.3) is 11.8 Å². The summed E-state index contributed by atoms with van der Waals surface area (Å²) in [7, 11) is 1.60. The Bertz CT molecular complexity index is 1600. The van der Waals surface area contributed by atoms with Crippen molar-refractivity contribution in [3.8, 4) is 22.5 Å². The van der Waals surface area contributed by atoms with Crippen molar-refractivity contribution in [2.75, 3.05) is 13.6 Å². The van der Waals surface area contributed by atoms with Crippen LogP contribution >= 0.6 is 0 Å². The number of amides is 2. The zero-order valence-electron chi connectivity index (χ0n) is 21.2. The molecule has 5 rings (SSSR count). The first kappa shape index (κ1) is 25.0. The Morgan fingerprint density at radius 3 is 2.13 bits per heavy atom. The summed E-state index contributed by atoms with van der Waals surface area (Å²) in [6, 6.07) is 27.2. The zero-order valence-corrected chi connectivity index (χ0v) is 21.2. The number of fused-ring (bicyclic) bond motifs is 1. The molecule has 0 bridgehead atoms. The number of carbonyl (C=O) groups excluding carboxylic acids is 2. The van der Waals surface area contributed by atoms with E-state index >= 15 is 0 Å². The molecule has 4 aromatic carbocycles. The molecule has 6 heteroatoms. The van der Waals surface area contributed by atoms with E-state index in [0.717, 1.165) is 33.2 Å². The van der Waals surface area contributed by atoms with Crippen LogP contribution in [0.4, 0.5) is 4.39 Å². The fourth-order valence-corrected chi connectivity index (χ4v) is 4.42. The van der Waals surface area contributed by atoms with Gasteiger partial charge < -0.3 is 15.1 Å². The maximum absolute atomic E-state index is 13.1. The molecule has 0 saturated heterocycles. The van der Waals surface area contributed by atoms with Gasteiger partial charge in [0, 0.05) is 30.1 Å². The van der Waals surface area contributed by atoms with Crippen LogP contribution in [-0.4, -0.2) is 25.4 Å². The SMILES string of the molecule is CNC(=O)c1c(-c2ccc(C)cc2)oc2ccc(-c3ccc(C(=O)NCCc4ccc(F)cc4)cc3)cc12. The molecule has 38 heavy (non-hydrogen) atoms. The van der Waals surface area contributed by atoms with Gasteiger partial charge in [0.15, 0.2) is 0 Å². The van der Waals surface area contributed by atoms with E-state index in [1.807, 2.05) is 61.5 Å². The summed E-state index contributed by atoms with van der Waals surface area (Å²) < 4.78 is 19.2. The summed E-state index contributed by atoms with van der Waals surface area (Å²) >= 11 is 0. The van der Waals surface area contributed by atoms with E-state index in [4.69, 9.17) is 4.42 Å². The predicted molar refractivity (Wildman–Crippen MR) is 148 cm³/mol. The van der Waals surface area contributed by atoms with Crippen LogP contribution in [0.15, 0.2) is 95.4 Å². The molecule has 0 unspecified atom stereocenters. The molecule has 0 fully saturated rings. The second-order valence-electron chi connectivity index (χ2n) is 9.17. The normalized spacial score (nSPS) is 10.9. The third-order valence-electron chi connectivity index (χ3n) is 6.55. The van der Waals surface area contributed by atoms with Gasteiger partial charge in [-0.25, -0.2) is 4.39 Å². The van der Waals surface area contributed by atoms with Crippen molar-refractivity contribution in [1.29, 1.82) is 0 Å². The molecule has 1 aromatic heterocycles. The lowest BCUT2D eigenvalue weighted by Gasteiger charge is -2.07. The first-order chi connectivity index (χ1) is 18.4. The van der Waals surface area contributed by atoms with Crippen molar-refractivity contribution in [1.82, 2.24) is 10.6 Å². The van der Waals surface area contributed by atoms with Crippen LogP contribution in [-0.2, 0) is 6.42 Å². The number of furan rings is 1. The van der Waals surface area contributed by atoms with E-state index < -0.39 is 0 Å². The number of benzene rings is 4. The molecule has 0 spiro atoms. The maximum atomic E-state index is 13.1. The topological polar surface area (TPSA) is 71.3 Å². The van der Waals surface area contributed by atoms with Gasteiger partial charge in [-0.05, 0) is 66.4 Å². The van der Waals surface area contributed by atoms with Crippen molar-refractivity contribution in [2.45, 2.75) is 13.3 Å². The van der Waals surface area contributed by atoms with Crippen LogP contribution < -0.4 is 10.6 Å². The highest BCUT2D eigenvalue weighted by molar-refractivity contribution is 6.11. The van der Waals surface area contributed by atoms with E-state index in [-0.39, 0.29) is 17.6 Å². The van der Waals surface area contributed by atoms with E-state index in [9.17, 15) is 14.0 Å². The van der Waals surface area contributed by atoms with Gasteiger partial charge in [-0.1, -0.05) is 60.2 Å². The van der Waals surface area contributed by atoms with Crippen molar-refractivity contribution in [3.63, 3.8) is 0 Å². The summed E-state index contributed by atoms with van der Waals surface area (Å²) in [5.74, 6) is -0.136. The Balaban J connectivity index is 1.37. The highest BCUT2D eigenvalue weighted by atomic mass is 19.1. The molecular formula is C32H27FN2O3. The summed E-state index contributed by atoms with van der Waals surface area (Å²) in [5.41, 5.74) is 6.40. The average Bonchev–Trinajstić information content (AvgIpc) is 3.33. The quantitative estimate of drug-likeness (QED) is 0.263. The van der Waals surface area contributed by atoms with Crippen LogP contribution in [0.2, 0.25) is 0 Å². The third kappa shape index (κ3) is 5.20. The van der Waals surface area contributed by atoms with Gasteiger partial charge in [-0.15, -0.1) is 0 Å². The van der Waals surface area contributed by atoms with Gasteiger partial charge in [0.1, 0.15) is 17.2 Å². The summed E-state index contributed by atoms with van der Waals surface area (Å²) in [5, 5.41) is 6.36. The summed E-state index contributed by atoms with van der Waals surface area (Å²) in [6.45, 7) is 2.46. The van der Waals surface area contributed by atoms with Crippen LogP contribution in [0.5, 0.6) is 0 Å². The fraction of sp³-hybridized carbons (Fsp3) is 0.125. The second kappa shape index (κ2) is 10.7. The molecule has 0 atom stereocenters. The first-order valence-electron chi connectivity index (χ1n) is 12.4. The van der Waals surface area contributed by atoms with Crippen LogP contribution in [0.25, 0.3) is 33.4 Å². The molecular weight excluding hydrogens is 479 g/mol. The number of halogens is 1. The van der Waals surface area contributed by atoms with Crippen LogP contribution in [0, 0.1) is 12.7 Å². The Morgan fingerprint density at radius 2 is 1.45 bits per heavy atom. The van der Waals surface area contributed by atoms with E-state index in [2.05, 4.69) is 10.6 Å². The van der Waals surface area contributed by atoms with Crippen molar-refractivity contribution < 1.29 is 18.4 Å². The summed E-state index contributed by atoms with van der Waals surface area (Å²) in [4.78, 5) is 25.5. The fourth-order valence-electron chi connectivity index (χ4n) is 4.42. The molecule has 5 nitrogen and oxygen atoms in total. The highest BCUT2D eigenvalue weighted by Gasteiger charge is 2.22. The maximum Gasteiger partial charge on any atom is 0.255 e. The van der Waals surface area contributed by atoms with Gasteiger partial charge in [0.2, 0.25) is 0 Å². The Labute approximate surface area is 220 Å². The predicted octanol–water partition coefficient (Wildman–Crippen LogP) is 6.55. The Morgan fingerprint density at radius 1 is 0.789 bits per heavy atom. The molecule has 0 saturated carbocycles. The van der Waals surface area contributed by atoms with E-state index in [1.165, 1.54) is 12.1 Å². The zero-order chi connectivity index (χ0) is 26.6. The molecule has 2 amide bonds. The number of nitrogens with one attached hydrogen (secondary N) is 2. The molecule has 190 valence electrons. The average molecular weight is 507 g/mol. The van der Waals surface area contributed by atoms with E-state index in [1.54, 1.807) is 31.3 Å².